The summed E-state index contributed by atoms with van der Waals surface area (Å²) in [5, 5.41) is 2.86. The lowest BCUT2D eigenvalue weighted by molar-refractivity contribution is -0.121. The molecule has 1 aliphatic rings. The van der Waals surface area contributed by atoms with Gasteiger partial charge in [0.2, 0.25) is 5.91 Å². The molecule has 2 aromatic rings. The van der Waals surface area contributed by atoms with Crippen molar-refractivity contribution in [1.82, 2.24) is 0 Å². The molecule has 3 rings (SSSR count). The van der Waals surface area contributed by atoms with Crippen molar-refractivity contribution in [3.05, 3.63) is 42.5 Å². The summed E-state index contributed by atoms with van der Waals surface area (Å²) in [5.41, 5.74) is 1.32. The Bertz CT molecular complexity index is 835. The number of ether oxygens (including phenoxy) is 3. The number of carbonyl (C=O) groups excluding carboxylic acids is 2. The van der Waals surface area contributed by atoms with Gasteiger partial charge in [0.05, 0.1) is 19.4 Å². The van der Waals surface area contributed by atoms with Crippen molar-refractivity contribution in [3.63, 3.8) is 0 Å². The summed E-state index contributed by atoms with van der Waals surface area (Å²) < 4.78 is 16.2. The number of fused-ring (bicyclic) bond motifs is 1. The van der Waals surface area contributed by atoms with E-state index in [0.29, 0.717) is 43.1 Å². The van der Waals surface area contributed by atoms with Crippen molar-refractivity contribution in [2.24, 2.45) is 0 Å². The van der Waals surface area contributed by atoms with Crippen molar-refractivity contribution in [2.45, 2.75) is 19.8 Å². The molecule has 1 heterocycles. The maximum absolute atomic E-state index is 12.2. The van der Waals surface area contributed by atoms with Crippen molar-refractivity contribution < 1.29 is 23.8 Å². The van der Waals surface area contributed by atoms with Crippen LogP contribution in [0.25, 0.3) is 0 Å². The molecule has 28 heavy (non-hydrogen) atoms. The molecule has 0 bridgehead atoms. The van der Waals surface area contributed by atoms with Crippen LogP contribution in [-0.2, 0) is 9.59 Å². The summed E-state index contributed by atoms with van der Waals surface area (Å²) in [6, 6.07) is 12.6. The Hall–Kier alpha value is -3.22. The molecule has 1 aliphatic heterocycles. The molecule has 7 nitrogen and oxygen atoms in total. The van der Waals surface area contributed by atoms with E-state index >= 15 is 0 Å². The molecular formula is C21H24N2O5. The van der Waals surface area contributed by atoms with E-state index in [1.165, 1.54) is 0 Å². The minimum Gasteiger partial charge on any atom is -0.497 e. The van der Waals surface area contributed by atoms with Gasteiger partial charge in [0, 0.05) is 18.7 Å². The molecule has 0 fully saturated rings. The molecule has 0 saturated heterocycles. The first-order chi connectivity index (χ1) is 13.6. The molecule has 0 radical (unpaired) electrons. The average Bonchev–Trinajstić information content (AvgIpc) is 2.71. The van der Waals surface area contributed by atoms with Crippen LogP contribution in [0.2, 0.25) is 0 Å². The van der Waals surface area contributed by atoms with Crippen LogP contribution in [-0.4, -0.2) is 38.7 Å². The van der Waals surface area contributed by atoms with Crippen LogP contribution in [0.1, 0.15) is 19.8 Å². The third kappa shape index (κ3) is 4.73. The van der Waals surface area contributed by atoms with Gasteiger partial charge >= 0.3 is 0 Å². The van der Waals surface area contributed by atoms with Gasteiger partial charge in [-0.3, -0.25) is 9.59 Å². The van der Waals surface area contributed by atoms with Gasteiger partial charge in [0.25, 0.3) is 5.91 Å². The normalized spacial score (nSPS) is 12.8. The van der Waals surface area contributed by atoms with Gasteiger partial charge in [-0.1, -0.05) is 0 Å². The van der Waals surface area contributed by atoms with E-state index in [9.17, 15) is 9.59 Å². The number of rotatable bonds is 8. The number of hydrogen-bond acceptors (Lipinski definition) is 5. The zero-order valence-electron chi connectivity index (χ0n) is 16.1. The average molecular weight is 384 g/mol. The Kier molecular flexibility index (Phi) is 6.37. The van der Waals surface area contributed by atoms with Gasteiger partial charge in [-0.2, -0.15) is 0 Å². The van der Waals surface area contributed by atoms with Gasteiger partial charge in [-0.25, -0.2) is 0 Å². The number of nitrogens with one attached hydrogen (secondary N) is 1. The highest BCUT2D eigenvalue weighted by molar-refractivity contribution is 5.99. The first-order valence-corrected chi connectivity index (χ1v) is 9.24. The van der Waals surface area contributed by atoms with Crippen LogP contribution in [0.3, 0.4) is 0 Å². The second kappa shape index (κ2) is 9.12. The SMILES string of the molecule is CCN1C(=O)COc2ccc(NC(=O)CCCOc3ccc(OC)cc3)cc21. The lowest BCUT2D eigenvalue weighted by Gasteiger charge is -2.28. The number of carbonyl (C=O) groups is 2. The van der Waals surface area contributed by atoms with E-state index in [0.717, 1.165) is 11.5 Å². The second-order valence-electron chi connectivity index (χ2n) is 6.28. The minimum atomic E-state index is -0.107. The van der Waals surface area contributed by atoms with Gasteiger partial charge < -0.3 is 24.4 Å². The molecule has 0 aromatic heterocycles. The number of hydrogen-bond donors (Lipinski definition) is 1. The Morgan fingerprint density at radius 3 is 2.64 bits per heavy atom. The van der Waals surface area contributed by atoms with Gasteiger partial charge in [0.1, 0.15) is 17.2 Å². The predicted octanol–water partition coefficient (Wildman–Crippen LogP) is 3.24. The van der Waals surface area contributed by atoms with Gasteiger partial charge in [-0.05, 0) is 55.8 Å². The van der Waals surface area contributed by atoms with E-state index in [2.05, 4.69) is 5.32 Å². The molecule has 148 valence electrons. The predicted molar refractivity (Wildman–Crippen MR) is 106 cm³/mol. The molecule has 0 atom stereocenters. The molecule has 0 spiro atoms. The molecule has 2 aromatic carbocycles. The van der Waals surface area contributed by atoms with Crippen molar-refractivity contribution >= 4 is 23.2 Å². The smallest absolute Gasteiger partial charge is 0.265 e. The maximum Gasteiger partial charge on any atom is 0.265 e. The summed E-state index contributed by atoms with van der Waals surface area (Å²) in [6.07, 6.45) is 0.922. The van der Waals surface area contributed by atoms with Gasteiger partial charge in [-0.15, -0.1) is 0 Å². The number of nitrogens with zero attached hydrogens (tertiary/aromatic N) is 1. The largest absolute Gasteiger partial charge is 0.497 e. The molecule has 0 unspecified atom stereocenters. The number of benzene rings is 2. The quantitative estimate of drug-likeness (QED) is 0.707. The number of amides is 2. The Labute approximate surface area is 164 Å². The third-order valence-electron chi connectivity index (χ3n) is 4.38. The molecule has 0 saturated carbocycles. The molecule has 7 heteroatoms. The maximum atomic E-state index is 12.2. The van der Waals surface area contributed by atoms with Crippen LogP contribution < -0.4 is 24.4 Å². The highest BCUT2D eigenvalue weighted by Gasteiger charge is 2.24. The van der Waals surface area contributed by atoms with Crippen LogP contribution >= 0.6 is 0 Å². The minimum absolute atomic E-state index is 0.0424. The first kappa shape index (κ1) is 19.5. The Balaban J connectivity index is 1.48. The van der Waals surface area contributed by atoms with Crippen LogP contribution in [0.4, 0.5) is 11.4 Å². The fourth-order valence-corrected chi connectivity index (χ4v) is 2.94. The highest BCUT2D eigenvalue weighted by Crippen LogP contribution is 2.34. The van der Waals surface area contributed by atoms with Crippen molar-refractivity contribution in [1.29, 1.82) is 0 Å². The Morgan fingerprint density at radius 2 is 1.93 bits per heavy atom. The van der Waals surface area contributed by atoms with Crippen LogP contribution in [0, 0.1) is 0 Å². The zero-order valence-corrected chi connectivity index (χ0v) is 16.1. The summed E-state index contributed by atoms with van der Waals surface area (Å²) >= 11 is 0. The van der Waals surface area contributed by atoms with E-state index in [1.54, 1.807) is 30.2 Å². The zero-order chi connectivity index (χ0) is 19.9. The molecule has 1 N–H and O–H groups in total. The number of anilines is 2. The van der Waals surface area contributed by atoms with Crippen molar-refractivity contribution in [2.75, 3.05) is 37.1 Å². The van der Waals surface area contributed by atoms with E-state index in [1.807, 2.05) is 31.2 Å². The summed E-state index contributed by atoms with van der Waals surface area (Å²) in [6.45, 7) is 2.94. The molecule has 2 amide bonds. The Morgan fingerprint density at radius 1 is 1.18 bits per heavy atom. The standard InChI is InChI=1S/C21H24N2O5/c1-3-23-18-13-15(6-11-19(18)28-14-21(23)25)22-20(24)5-4-12-27-17-9-7-16(26-2)8-10-17/h6-11,13H,3-5,12,14H2,1-2H3,(H,22,24). The van der Waals surface area contributed by atoms with Crippen molar-refractivity contribution in [3.8, 4) is 17.2 Å². The lowest BCUT2D eigenvalue weighted by atomic mass is 10.2. The van der Waals surface area contributed by atoms with E-state index < -0.39 is 0 Å². The number of methoxy groups -OCH3 is 1. The molecule has 0 aliphatic carbocycles. The fourth-order valence-electron chi connectivity index (χ4n) is 2.94. The molecular weight excluding hydrogens is 360 g/mol. The highest BCUT2D eigenvalue weighted by atomic mass is 16.5. The van der Waals surface area contributed by atoms with E-state index in [-0.39, 0.29) is 18.4 Å². The van der Waals surface area contributed by atoms with Crippen LogP contribution in [0.15, 0.2) is 42.5 Å². The van der Waals surface area contributed by atoms with Crippen LogP contribution in [0.5, 0.6) is 17.2 Å². The summed E-state index contributed by atoms with van der Waals surface area (Å²) in [7, 11) is 1.61. The second-order valence-corrected chi connectivity index (χ2v) is 6.28. The third-order valence-corrected chi connectivity index (χ3v) is 4.38. The first-order valence-electron chi connectivity index (χ1n) is 9.24. The monoisotopic (exact) mass is 384 g/mol. The lowest BCUT2D eigenvalue weighted by Crippen LogP contribution is -2.38. The summed E-state index contributed by atoms with van der Waals surface area (Å²) in [5.74, 6) is 1.96. The van der Waals surface area contributed by atoms with Gasteiger partial charge in [0.15, 0.2) is 6.61 Å². The fraction of sp³-hybridized carbons (Fsp3) is 0.333. The number of likely N-dealkylation sites (N-methyl/N-ethyl adjacent to an activating group) is 1. The van der Waals surface area contributed by atoms with E-state index in [4.69, 9.17) is 14.2 Å². The topological polar surface area (TPSA) is 77.1 Å². The summed E-state index contributed by atoms with van der Waals surface area (Å²) in [4.78, 5) is 25.8.